The first-order chi connectivity index (χ1) is 8.63. The molecule has 1 heterocycles. The molecule has 0 spiro atoms. The predicted molar refractivity (Wildman–Crippen MR) is 67.2 cm³/mol. The summed E-state index contributed by atoms with van der Waals surface area (Å²) in [6.45, 7) is 2.34. The summed E-state index contributed by atoms with van der Waals surface area (Å²) in [5.74, 6) is 0.724. The Bertz CT molecular complexity index is 574. The minimum Gasteiger partial charge on any atom is -0.496 e. The number of ether oxygens (including phenoxy) is 1. The van der Waals surface area contributed by atoms with Crippen molar-refractivity contribution in [3.63, 3.8) is 0 Å². The number of fused-ring (bicyclic) bond motifs is 1. The van der Waals surface area contributed by atoms with E-state index in [1.165, 1.54) is 0 Å². The van der Waals surface area contributed by atoms with Crippen molar-refractivity contribution in [1.29, 1.82) is 0 Å². The van der Waals surface area contributed by atoms with Gasteiger partial charge in [0.1, 0.15) is 11.3 Å². The van der Waals surface area contributed by atoms with Crippen LogP contribution in [0.2, 0.25) is 0 Å². The Balaban J connectivity index is 2.34. The van der Waals surface area contributed by atoms with Crippen LogP contribution in [0.25, 0.3) is 11.0 Å². The molecule has 2 N–H and O–H groups in total. The van der Waals surface area contributed by atoms with Crippen molar-refractivity contribution < 1.29 is 19.1 Å². The number of nitrogens with one attached hydrogen (secondary N) is 1. The molecule has 5 heteroatoms. The average molecular weight is 249 g/mol. The lowest BCUT2D eigenvalue weighted by molar-refractivity contribution is 0.194. The van der Waals surface area contributed by atoms with E-state index in [0.29, 0.717) is 13.0 Å². The monoisotopic (exact) mass is 249 g/mol. The predicted octanol–water partition coefficient (Wildman–Crippen LogP) is 2.56. The molecule has 0 saturated heterocycles. The van der Waals surface area contributed by atoms with Gasteiger partial charge in [-0.1, -0.05) is 0 Å². The van der Waals surface area contributed by atoms with E-state index in [-0.39, 0.29) is 0 Å². The number of rotatable bonds is 4. The zero-order chi connectivity index (χ0) is 13.1. The molecule has 1 aromatic carbocycles. The second-order valence-corrected chi connectivity index (χ2v) is 4.00. The zero-order valence-corrected chi connectivity index (χ0v) is 10.3. The van der Waals surface area contributed by atoms with E-state index >= 15 is 0 Å². The molecule has 1 amide bonds. The fourth-order valence-electron chi connectivity index (χ4n) is 2.08. The molecule has 2 aromatic rings. The van der Waals surface area contributed by atoms with Gasteiger partial charge in [-0.05, 0) is 30.5 Å². The molecule has 0 unspecified atom stereocenters. The molecule has 0 aliphatic rings. The Morgan fingerprint density at radius 3 is 3.00 bits per heavy atom. The van der Waals surface area contributed by atoms with Crippen LogP contribution in [0.1, 0.15) is 11.1 Å². The van der Waals surface area contributed by atoms with Crippen molar-refractivity contribution in [2.75, 3.05) is 13.7 Å². The van der Waals surface area contributed by atoms with E-state index in [9.17, 15) is 4.79 Å². The van der Waals surface area contributed by atoms with Gasteiger partial charge in [0.2, 0.25) is 0 Å². The summed E-state index contributed by atoms with van der Waals surface area (Å²) < 4.78 is 10.7. The Kier molecular flexibility index (Phi) is 3.41. The molecular formula is C13H15NO4. The smallest absolute Gasteiger partial charge is 0.404 e. The van der Waals surface area contributed by atoms with Crippen LogP contribution in [0.4, 0.5) is 4.79 Å². The maximum Gasteiger partial charge on any atom is 0.404 e. The fourth-order valence-corrected chi connectivity index (χ4v) is 2.08. The number of aryl methyl sites for hydroxylation is 1. The maximum atomic E-state index is 10.4. The van der Waals surface area contributed by atoms with Crippen molar-refractivity contribution >= 4 is 17.1 Å². The third kappa shape index (κ3) is 2.25. The minimum atomic E-state index is -1.02. The van der Waals surface area contributed by atoms with Crippen LogP contribution >= 0.6 is 0 Å². The molecule has 5 nitrogen and oxygen atoms in total. The fraction of sp³-hybridized carbons (Fsp3) is 0.308. The third-order valence-electron chi connectivity index (χ3n) is 2.98. The van der Waals surface area contributed by atoms with Crippen molar-refractivity contribution in [1.82, 2.24) is 5.32 Å². The van der Waals surface area contributed by atoms with Gasteiger partial charge < -0.3 is 19.6 Å². The van der Waals surface area contributed by atoms with E-state index < -0.39 is 6.09 Å². The number of furan rings is 1. The Labute approximate surface area is 104 Å². The van der Waals surface area contributed by atoms with E-state index in [4.69, 9.17) is 14.3 Å². The van der Waals surface area contributed by atoms with Gasteiger partial charge in [-0.3, -0.25) is 0 Å². The second kappa shape index (κ2) is 5.00. The van der Waals surface area contributed by atoms with E-state index in [2.05, 4.69) is 5.32 Å². The topological polar surface area (TPSA) is 71.7 Å². The Hall–Kier alpha value is -2.17. The molecule has 18 heavy (non-hydrogen) atoms. The molecule has 0 bridgehead atoms. The van der Waals surface area contributed by atoms with Crippen molar-refractivity contribution in [3.05, 3.63) is 29.5 Å². The molecular weight excluding hydrogens is 234 g/mol. The van der Waals surface area contributed by atoms with Crippen molar-refractivity contribution in [3.8, 4) is 5.75 Å². The summed E-state index contributed by atoms with van der Waals surface area (Å²) in [6.07, 6.45) is 1.20. The average Bonchev–Trinajstić information content (AvgIpc) is 2.79. The Morgan fingerprint density at radius 2 is 2.33 bits per heavy atom. The Morgan fingerprint density at radius 1 is 1.56 bits per heavy atom. The standard InChI is InChI=1S/C13H15NO4/c1-8-9(3-5-14-13(15)16)11(17-2)7-12-10(8)4-6-18-12/h4,6-7,14H,3,5H2,1-2H3,(H,15,16). The highest BCUT2D eigenvalue weighted by atomic mass is 16.5. The normalized spacial score (nSPS) is 10.6. The highest BCUT2D eigenvalue weighted by molar-refractivity contribution is 5.84. The van der Waals surface area contributed by atoms with Crippen LogP contribution in [-0.2, 0) is 6.42 Å². The summed E-state index contributed by atoms with van der Waals surface area (Å²) in [6, 6.07) is 3.73. The largest absolute Gasteiger partial charge is 0.496 e. The molecule has 0 atom stereocenters. The summed E-state index contributed by atoms with van der Waals surface area (Å²) in [5, 5.41) is 11.9. The highest BCUT2D eigenvalue weighted by Gasteiger charge is 2.12. The summed E-state index contributed by atoms with van der Waals surface area (Å²) in [5.41, 5.74) is 2.84. The first-order valence-electron chi connectivity index (χ1n) is 5.64. The molecule has 96 valence electrons. The van der Waals surface area contributed by atoms with Crippen LogP contribution in [0.15, 0.2) is 22.8 Å². The number of amides is 1. The van der Waals surface area contributed by atoms with Gasteiger partial charge in [0, 0.05) is 18.0 Å². The lowest BCUT2D eigenvalue weighted by atomic mass is 10.0. The molecule has 0 aliphatic heterocycles. The van der Waals surface area contributed by atoms with Crippen molar-refractivity contribution in [2.45, 2.75) is 13.3 Å². The number of hydrogen-bond donors (Lipinski definition) is 2. The number of hydrogen-bond acceptors (Lipinski definition) is 3. The van der Waals surface area contributed by atoms with Crippen LogP contribution < -0.4 is 10.1 Å². The molecule has 1 aromatic heterocycles. The van der Waals surface area contributed by atoms with E-state index in [1.54, 1.807) is 13.4 Å². The number of carboxylic acid groups (broad SMARTS) is 1. The van der Waals surface area contributed by atoms with E-state index in [1.807, 2.05) is 19.1 Å². The molecule has 2 rings (SSSR count). The number of methoxy groups -OCH3 is 1. The second-order valence-electron chi connectivity index (χ2n) is 4.00. The molecule has 0 aliphatic carbocycles. The highest BCUT2D eigenvalue weighted by Crippen LogP contribution is 2.31. The summed E-state index contributed by atoms with van der Waals surface area (Å²) >= 11 is 0. The van der Waals surface area contributed by atoms with Gasteiger partial charge in [-0.15, -0.1) is 0 Å². The van der Waals surface area contributed by atoms with Crippen LogP contribution in [0.5, 0.6) is 5.75 Å². The van der Waals surface area contributed by atoms with Gasteiger partial charge in [0.05, 0.1) is 13.4 Å². The van der Waals surface area contributed by atoms with Gasteiger partial charge in [-0.25, -0.2) is 4.79 Å². The lowest BCUT2D eigenvalue weighted by Gasteiger charge is -2.12. The van der Waals surface area contributed by atoms with Crippen LogP contribution in [-0.4, -0.2) is 24.9 Å². The summed E-state index contributed by atoms with van der Waals surface area (Å²) in [4.78, 5) is 10.4. The first-order valence-corrected chi connectivity index (χ1v) is 5.64. The lowest BCUT2D eigenvalue weighted by Crippen LogP contribution is -2.23. The summed E-state index contributed by atoms with van der Waals surface area (Å²) in [7, 11) is 1.59. The minimum absolute atomic E-state index is 0.357. The zero-order valence-electron chi connectivity index (χ0n) is 10.3. The van der Waals surface area contributed by atoms with Crippen LogP contribution in [0, 0.1) is 6.92 Å². The van der Waals surface area contributed by atoms with Crippen molar-refractivity contribution in [2.24, 2.45) is 0 Å². The van der Waals surface area contributed by atoms with Gasteiger partial charge >= 0.3 is 6.09 Å². The third-order valence-corrected chi connectivity index (χ3v) is 2.98. The van der Waals surface area contributed by atoms with Gasteiger partial charge in [-0.2, -0.15) is 0 Å². The SMILES string of the molecule is COc1cc2occc2c(C)c1CCNC(=O)O. The molecule has 0 fully saturated rings. The van der Waals surface area contributed by atoms with Gasteiger partial charge in [0.15, 0.2) is 0 Å². The molecule has 0 saturated carbocycles. The van der Waals surface area contributed by atoms with E-state index in [0.717, 1.165) is 27.8 Å². The first kappa shape index (κ1) is 12.3. The quantitative estimate of drug-likeness (QED) is 0.873. The van der Waals surface area contributed by atoms with Gasteiger partial charge in [0.25, 0.3) is 0 Å². The maximum absolute atomic E-state index is 10.4. The van der Waals surface area contributed by atoms with Crippen LogP contribution in [0.3, 0.4) is 0 Å². The number of carbonyl (C=O) groups is 1. The number of benzene rings is 1. The molecule has 0 radical (unpaired) electrons.